The normalized spacial score (nSPS) is 11.2. The van der Waals surface area contributed by atoms with Gasteiger partial charge >= 0.3 is 0 Å². The number of hydrogen-bond acceptors (Lipinski definition) is 2. The predicted molar refractivity (Wildman–Crippen MR) is 87.5 cm³/mol. The summed E-state index contributed by atoms with van der Waals surface area (Å²) in [7, 11) is 1.37. The van der Waals surface area contributed by atoms with Crippen molar-refractivity contribution in [2.45, 2.75) is 6.43 Å². The summed E-state index contributed by atoms with van der Waals surface area (Å²) in [5, 5.41) is 3.68. The van der Waals surface area contributed by atoms with E-state index in [1.165, 1.54) is 19.2 Å². The molecule has 0 radical (unpaired) electrons. The number of primary amides is 1. The number of hydrogen-bond donors (Lipinski definition) is 1. The van der Waals surface area contributed by atoms with E-state index < -0.39 is 35.2 Å². The quantitative estimate of drug-likeness (QED) is 0.711. The molecule has 0 fully saturated rings. The van der Waals surface area contributed by atoms with Gasteiger partial charge in [0.05, 0.1) is 11.3 Å². The van der Waals surface area contributed by atoms with Gasteiger partial charge < -0.3 is 5.73 Å². The van der Waals surface area contributed by atoms with Gasteiger partial charge in [-0.3, -0.25) is 9.48 Å². The fraction of sp³-hybridized carbons (Fsp3) is 0.111. The minimum Gasteiger partial charge on any atom is -0.365 e. The number of nitrogens with zero attached hydrogens (tertiary/aromatic N) is 2. The van der Waals surface area contributed by atoms with Crippen LogP contribution >= 0.6 is 0 Å². The largest absolute Gasteiger partial charge is 0.365 e. The molecule has 2 aromatic carbocycles. The lowest BCUT2D eigenvalue weighted by atomic mass is 9.94. The smallest absolute Gasteiger partial charge is 0.282 e. The molecule has 3 aromatic rings. The van der Waals surface area contributed by atoms with E-state index in [1.54, 1.807) is 12.1 Å². The maximum Gasteiger partial charge on any atom is 0.282 e. The van der Waals surface area contributed by atoms with E-state index >= 15 is 0 Å². The summed E-state index contributed by atoms with van der Waals surface area (Å²) in [5.74, 6) is -2.45. The van der Waals surface area contributed by atoms with Gasteiger partial charge in [0, 0.05) is 18.2 Å². The van der Waals surface area contributed by atoms with E-state index in [0.717, 1.165) is 22.9 Å². The molecule has 1 heterocycles. The number of aromatic nitrogens is 2. The Kier molecular flexibility index (Phi) is 4.50. The molecule has 0 aliphatic carbocycles. The third-order valence-corrected chi connectivity index (χ3v) is 3.93. The maximum atomic E-state index is 14.2. The van der Waals surface area contributed by atoms with Crippen molar-refractivity contribution in [1.29, 1.82) is 0 Å². The first-order chi connectivity index (χ1) is 12.3. The SMILES string of the molecule is Cn1nc(C(F)F)c(C(N)=O)c1-c1ccccc1-c1cc(F)ccc1F. The van der Waals surface area contributed by atoms with Gasteiger partial charge in [0.15, 0.2) is 0 Å². The summed E-state index contributed by atoms with van der Waals surface area (Å²) in [6.07, 6.45) is -3.02. The van der Waals surface area contributed by atoms with Crippen molar-refractivity contribution < 1.29 is 22.4 Å². The molecule has 0 saturated carbocycles. The second-order valence-corrected chi connectivity index (χ2v) is 5.57. The minimum absolute atomic E-state index is 0.00654. The van der Waals surface area contributed by atoms with Crippen LogP contribution in [-0.2, 0) is 7.05 Å². The fourth-order valence-corrected chi connectivity index (χ4v) is 2.88. The molecule has 1 amide bonds. The van der Waals surface area contributed by atoms with E-state index in [9.17, 15) is 22.4 Å². The zero-order valence-corrected chi connectivity index (χ0v) is 13.5. The molecule has 1 aromatic heterocycles. The number of rotatable bonds is 4. The van der Waals surface area contributed by atoms with Crippen molar-refractivity contribution in [1.82, 2.24) is 9.78 Å². The highest BCUT2D eigenvalue weighted by atomic mass is 19.3. The number of alkyl halides is 2. The zero-order chi connectivity index (χ0) is 19.0. The lowest BCUT2D eigenvalue weighted by Gasteiger charge is -2.12. The molecule has 0 aliphatic heterocycles. The molecule has 3 rings (SSSR count). The molecule has 8 heteroatoms. The highest BCUT2D eigenvalue weighted by molar-refractivity contribution is 6.02. The molecule has 0 spiro atoms. The summed E-state index contributed by atoms with van der Waals surface area (Å²) in [6, 6.07) is 9.07. The highest BCUT2D eigenvalue weighted by Crippen LogP contribution is 2.37. The van der Waals surface area contributed by atoms with Gasteiger partial charge in [-0.15, -0.1) is 0 Å². The van der Waals surface area contributed by atoms with Crippen molar-refractivity contribution in [3.63, 3.8) is 0 Å². The summed E-state index contributed by atoms with van der Waals surface area (Å²) in [6.45, 7) is 0. The standard InChI is InChI=1S/C18H13F4N3O/c1-25-16(14(18(23)26)15(24-25)17(21)22)11-5-3-2-4-10(11)12-8-9(19)6-7-13(12)20/h2-8,17H,1H3,(H2,23,26). The lowest BCUT2D eigenvalue weighted by Crippen LogP contribution is -2.14. The molecule has 134 valence electrons. The predicted octanol–water partition coefficient (Wildman–Crippen LogP) is 4.07. The monoisotopic (exact) mass is 363 g/mol. The van der Waals surface area contributed by atoms with Gasteiger partial charge in [0.25, 0.3) is 12.3 Å². The summed E-state index contributed by atoms with van der Waals surface area (Å²) >= 11 is 0. The van der Waals surface area contributed by atoms with Crippen molar-refractivity contribution in [2.24, 2.45) is 12.8 Å². The summed E-state index contributed by atoms with van der Waals surface area (Å²) in [5.41, 5.74) is 4.46. The minimum atomic E-state index is -3.02. The molecular formula is C18H13F4N3O. The molecule has 0 saturated heterocycles. The van der Waals surface area contributed by atoms with Gasteiger partial charge in [0.2, 0.25) is 0 Å². The second-order valence-electron chi connectivity index (χ2n) is 5.57. The molecule has 0 unspecified atom stereocenters. The van der Waals surface area contributed by atoms with Crippen LogP contribution in [0, 0.1) is 11.6 Å². The third kappa shape index (κ3) is 2.94. The topological polar surface area (TPSA) is 60.9 Å². The van der Waals surface area contributed by atoms with Gasteiger partial charge in [-0.05, 0) is 23.8 Å². The second kappa shape index (κ2) is 6.62. The molecular weight excluding hydrogens is 350 g/mol. The van der Waals surface area contributed by atoms with Crippen LogP contribution in [0.25, 0.3) is 22.4 Å². The average Bonchev–Trinajstić information content (AvgIpc) is 2.95. The maximum absolute atomic E-state index is 14.2. The van der Waals surface area contributed by atoms with E-state index in [-0.39, 0.29) is 22.4 Å². The van der Waals surface area contributed by atoms with E-state index in [2.05, 4.69) is 5.10 Å². The Morgan fingerprint density at radius 3 is 2.35 bits per heavy atom. The Morgan fingerprint density at radius 1 is 1.08 bits per heavy atom. The van der Waals surface area contributed by atoms with Crippen LogP contribution in [0.2, 0.25) is 0 Å². The van der Waals surface area contributed by atoms with E-state index in [1.807, 2.05) is 0 Å². The molecule has 0 atom stereocenters. The van der Waals surface area contributed by atoms with Crippen molar-refractivity contribution in [3.8, 4) is 22.4 Å². The molecule has 2 N–H and O–H groups in total. The first-order valence-electron chi connectivity index (χ1n) is 7.51. The van der Waals surface area contributed by atoms with Crippen LogP contribution < -0.4 is 5.73 Å². The van der Waals surface area contributed by atoms with Crippen LogP contribution in [-0.4, -0.2) is 15.7 Å². The number of aryl methyl sites for hydroxylation is 1. The zero-order valence-electron chi connectivity index (χ0n) is 13.5. The van der Waals surface area contributed by atoms with Crippen molar-refractivity contribution >= 4 is 5.91 Å². The van der Waals surface area contributed by atoms with Gasteiger partial charge in [-0.2, -0.15) is 5.10 Å². The summed E-state index contributed by atoms with van der Waals surface area (Å²) in [4.78, 5) is 11.8. The summed E-state index contributed by atoms with van der Waals surface area (Å²) < 4.78 is 55.4. The third-order valence-electron chi connectivity index (χ3n) is 3.93. The van der Waals surface area contributed by atoms with Crippen LogP contribution in [0.3, 0.4) is 0 Å². The van der Waals surface area contributed by atoms with Crippen LogP contribution in [0.4, 0.5) is 17.6 Å². The Balaban J connectivity index is 2.34. The number of benzene rings is 2. The fourth-order valence-electron chi connectivity index (χ4n) is 2.88. The Hall–Kier alpha value is -3.16. The number of amides is 1. The Bertz CT molecular complexity index is 998. The number of halogens is 4. The van der Waals surface area contributed by atoms with E-state index in [0.29, 0.717) is 0 Å². The lowest BCUT2D eigenvalue weighted by molar-refractivity contribution is 0.0985. The van der Waals surface area contributed by atoms with Gasteiger partial charge in [-0.1, -0.05) is 24.3 Å². The van der Waals surface area contributed by atoms with Crippen LogP contribution in [0.15, 0.2) is 42.5 Å². The Morgan fingerprint density at radius 2 is 1.73 bits per heavy atom. The molecule has 26 heavy (non-hydrogen) atoms. The van der Waals surface area contributed by atoms with Crippen LogP contribution in [0.1, 0.15) is 22.5 Å². The number of carbonyl (C=O) groups is 1. The average molecular weight is 363 g/mol. The molecule has 0 bridgehead atoms. The molecule has 4 nitrogen and oxygen atoms in total. The van der Waals surface area contributed by atoms with Gasteiger partial charge in [-0.25, -0.2) is 17.6 Å². The number of nitrogens with two attached hydrogens (primary N) is 1. The van der Waals surface area contributed by atoms with Crippen molar-refractivity contribution in [2.75, 3.05) is 0 Å². The van der Waals surface area contributed by atoms with E-state index in [4.69, 9.17) is 5.73 Å². The first kappa shape index (κ1) is 17.7. The Labute approximate surface area is 145 Å². The van der Waals surface area contributed by atoms with Crippen molar-refractivity contribution in [3.05, 3.63) is 65.4 Å². The molecule has 0 aliphatic rings. The first-order valence-corrected chi connectivity index (χ1v) is 7.51. The van der Waals surface area contributed by atoms with Crippen LogP contribution in [0.5, 0.6) is 0 Å². The van der Waals surface area contributed by atoms with Gasteiger partial charge in [0.1, 0.15) is 17.3 Å². The highest BCUT2D eigenvalue weighted by Gasteiger charge is 2.28. The number of carbonyl (C=O) groups excluding carboxylic acids is 1.